The van der Waals surface area contributed by atoms with Gasteiger partial charge < -0.3 is 14.8 Å². The molecule has 1 unspecified atom stereocenters. The zero-order valence-corrected chi connectivity index (χ0v) is 12.3. The van der Waals surface area contributed by atoms with Gasteiger partial charge in [-0.15, -0.1) is 0 Å². The highest BCUT2D eigenvalue weighted by Crippen LogP contribution is 2.11. The van der Waals surface area contributed by atoms with Gasteiger partial charge in [0.05, 0.1) is 19.3 Å². The largest absolute Gasteiger partial charge is 0.383 e. The van der Waals surface area contributed by atoms with Crippen LogP contribution in [0.3, 0.4) is 0 Å². The van der Waals surface area contributed by atoms with E-state index in [1.807, 2.05) is 0 Å². The Balaban J connectivity index is 2.33. The molecule has 0 aromatic heterocycles. The maximum absolute atomic E-state index is 5.76. The Morgan fingerprint density at radius 1 is 1.33 bits per heavy atom. The molecule has 0 aliphatic carbocycles. The highest BCUT2D eigenvalue weighted by molar-refractivity contribution is 4.73. The zero-order chi connectivity index (χ0) is 13.2. The standard InChI is InChI=1S/C14H30N2O2/c1-4-13(5-2)16(9-11-17-3)8-6-14-12-15-7-10-18-14/h13-15H,4-12H2,1-3H3. The summed E-state index contributed by atoms with van der Waals surface area (Å²) < 4.78 is 11.0. The Hall–Kier alpha value is -0.160. The minimum Gasteiger partial charge on any atom is -0.383 e. The van der Waals surface area contributed by atoms with Crippen molar-refractivity contribution in [1.82, 2.24) is 10.2 Å². The van der Waals surface area contributed by atoms with Crippen molar-refractivity contribution in [3.05, 3.63) is 0 Å². The first-order valence-electron chi connectivity index (χ1n) is 7.37. The zero-order valence-electron chi connectivity index (χ0n) is 12.3. The molecule has 108 valence electrons. The van der Waals surface area contributed by atoms with Crippen LogP contribution < -0.4 is 5.32 Å². The van der Waals surface area contributed by atoms with Crippen LogP contribution in [0.2, 0.25) is 0 Å². The van der Waals surface area contributed by atoms with Gasteiger partial charge in [0.2, 0.25) is 0 Å². The first-order chi connectivity index (χ1) is 8.81. The fourth-order valence-corrected chi connectivity index (χ4v) is 2.61. The van der Waals surface area contributed by atoms with Crippen molar-refractivity contribution in [3.63, 3.8) is 0 Å². The number of nitrogens with one attached hydrogen (secondary N) is 1. The SMILES string of the molecule is CCC(CC)N(CCOC)CCC1CNCCO1. The summed E-state index contributed by atoms with van der Waals surface area (Å²) in [6.07, 6.45) is 3.93. The molecule has 1 N–H and O–H groups in total. The number of ether oxygens (including phenoxy) is 2. The minimum absolute atomic E-state index is 0.387. The molecule has 0 aromatic carbocycles. The van der Waals surface area contributed by atoms with Crippen molar-refractivity contribution < 1.29 is 9.47 Å². The molecule has 0 spiro atoms. The molecule has 4 nitrogen and oxygen atoms in total. The van der Waals surface area contributed by atoms with Crippen LogP contribution in [0.1, 0.15) is 33.1 Å². The van der Waals surface area contributed by atoms with Crippen LogP contribution in [0.25, 0.3) is 0 Å². The van der Waals surface area contributed by atoms with Crippen molar-refractivity contribution in [2.24, 2.45) is 0 Å². The summed E-state index contributed by atoms with van der Waals surface area (Å²) in [5.74, 6) is 0. The number of rotatable bonds is 9. The van der Waals surface area contributed by atoms with E-state index in [4.69, 9.17) is 9.47 Å². The summed E-state index contributed by atoms with van der Waals surface area (Å²) >= 11 is 0. The average Bonchev–Trinajstić information content (AvgIpc) is 2.43. The van der Waals surface area contributed by atoms with E-state index < -0.39 is 0 Å². The molecule has 4 heteroatoms. The fraction of sp³-hybridized carbons (Fsp3) is 1.00. The van der Waals surface area contributed by atoms with Crippen molar-refractivity contribution >= 4 is 0 Å². The van der Waals surface area contributed by atoms with Crippen LogP contribution in [0, 0.1) is 0 Å². The van der Waals surface area contributed by atoms with Crippen LogP contribution >= 0.6 is 0 Å². The number of hydrogen-bond donors (Lipinski definition) is 1. The number of methoxy groups -OCH3 is 1. The molecule has 18 heavy (non-hydrogen) atoms. The van der Waals surface area contributed by atoms with E-state index in [1.54, 1.807) is 7.11 Å². The third kappa shape index (κ3) is 5.65. The molecular weight excluding hydrogens is 228 g/mol. The Kier molecular flexibility index (Phi) is 8.59. The van der Waals surface area contributed by atoms with Crippen molar-refractivity contribution in [1.29, 1.82) is 0 Å². The van der Waals surface area contributed by atoms with E-state index >= 15 is 0 Å². The summed E-state index contributed by atoms with van der Waals surface area (Å²) in [5.41, 5.74) is 0. The second-order valence-corrected chi connectivity index (χ2v) is 4.98. The monoisotopic (exact) mass is 258 g/mol. The molecule has 1 saturated heterocycles. The first kappa shape index (κ1) is 15.9. The smallest absolute Gasteiger partial charge is 0.0712 e. The van der Waals surface area contributed by atoms with Crippen LogP contribution in [0.4, 0.5) is 0 Å². The highest BCUT2D eigenvalue weighted by atomic mass is 16.5. The lowest BCUT2D eigenvalue weighted by Crippen LogP contribution is -2.43. The molecule has 1 fully saturated rings. The number of nitrogens with zero attached hydrogens (tertiary/aromatic N) is 1. The molecule has 0 aromatic rings. The average molecular weight is 258 g/mol. The Morgan fingerprint density at radius 3 is 2.67 bits per heavy atom. The molecule has 0 bridgehead atoms. The summed E-state index contributed by atoms with van der Waals surface area (Å²) in [6, 6.07) is 0.677. The number of hydrogen-bond acceptors (Lipinski definition) is 4. The van der Waals surface area contributed by atoms with Gasteiger partial charge in [-0.2, -0.15) is 0 Å². The maximum Gasteiger partial charge on any atom is 0.0712 e. The lowest BCUT2D eigenvalue weighted by molar-refractivity contribution is 0.0116. The van der Waals surface area contributed by atoms with Gasteiger partial charge in [0, 0.05) is 39.3 Å². The Bertz CT molecular complexity index is 192. The Labute approximate surface area is 112 Å². The summed E-state index contributed by atoms with van der Waals surface area (Å²) in [5, 5.41) is 3.39. The summed E-state index contributed by atoms with van der Waals surface area (Å²) in [7, 11) is 1.78. The van der Waals surface area contributed by atoms with E-state index in [1.165, 1.54) is 12.8 Å². The predicted molar refractivity (Wildman–Crippen MR) is 75.0 cm³/mol. The Morgan fingerprint density at radius 2 is 2.11 bits per heavy atom. The van der Waals surface area contributed by atoms with Gasteiger partial charge in [-0.05, 0) is 19.3 Å². The van der Waals surface area contributed by atoms with Crippen molar-refractivity contribution in [3.8, 4) is 0 Å². The van der Waals surface area contributed by atoms with Gasteiger partial charge in [0.15, 0.2) is 0 Å². The molecule has 0 radical (unpaired) electrons. The van der Waals surface area contributed by atoms with Gasteiger partial charge in [-0.25, -0.2) is 0 Å². The van der Waals surface area contributed by atoms with E-state index in [0.29, 0.717) is 12.1 Å². The van der Waals surface area contributed by atoms with Gasteiger partial charge in [-0.3, -0.25) is 4.90 Å². The third-order valence-corrected chi connectivity index (χ3v) is 3.78. The van der Waals surface area contributed by atoms with E-state index in [2.05, 4.69) is 24.1 Å². The van der Waals surface area contributed by atoms with E-state index in [9.17, 15) is 0 Å². The quantitative estimate of drug-likeness (QED) is 0.679. The first-order valence-corrected chi connectivity index (χ1v) is 7.37. The maximum atomic E-state index is 5.76. The minimum atomic E-state index is 0.387. The van der Waals surface area contributed by atoms with Crippen molar-refractivity contribution in [2.45, 2.75) is 45.3 Å². The fourth-order valence-electron chi connectivity index (χ4n) is 2.61. The summed E-state index contributed by atoms with van der Waals surface area (Å²) in [6.45, 7) is 10.4. The lowest BCUT2D eigenvalue weighted by Gasteiger charge is -2.32. The lowest BCUT2D eigenvalue weighted by atomic mass is 10.1. The molecule has 1 atom stereocenters. The number of morpholine rings is 1. The second-order valence-electron chi connectivity index (χ2n) is 4.98. The van der Waals surface area contributed by atoms with Gasteiger partial charge in [0.1, 0.15) is 0 Å². The van der Waals surface area contributed by atoms with Crippen LogP contribution in [-0.4, -0.2) is 63.5 Å². The predicted octanol–water partition coefficient (Wildman–Crippen LogP) is 1.50. The molecular formula is C14H30N2O2. The molecule has 1 aliphatic heterocycles. The molecule has 1 aliphatic rings. The van der Waals surface area contributed by atoms with Crippen LogP contribution in [0.15, 0.2) is 0 Å². The molecule has 0 saturated carbocycles. The van der Waals surface area contributed by atoms with Crippen LogP contribution in [-0.2, 0) is 9.47 Å². The topological polar surface area (TPSA) is 33.7 Å². The van der Waals surface area contributed by atoms with Crippen molar-refractivity contribution in [2.75, 3.05) is 46.5 Å². The normalized spacial score (nSPS) is 20.8. The van der Waals surface area contributed by atoms with Crippen LogP contribution in [0.5, 0.6) is 0 Å². The third-order valence-electron chi connectivity index (χ3n) is 3.78. The molecule has 0 amide bonds. The van der Waals surface area contributed by atoms with Gasteiger partial charge >= 0.3 is 0 Å². The van der Waals surface area contributed by atoms with E-state index in [0.717, 1.165) is 45.8 Å². The molecule has 1 heterocycles. The second kappa shape index (κ2) is 9.73. The van der Waals surface area contributed by atoms with Gasteiger partial charge in [-0.1, -0.05) is 13.8 Å². The highest BCUT2D eigenvalue weighted by Gasteiger charge is 2.18. The van der Waals surface area contributed by atoms with E-state index in [-0.39, 0.29) is 0 Å². The molecule has 1 rings (SSSR count). The summed E-state index contributed by atoms with van der Waals surface area (Å²) in [4.78, 5) is 2.56. The van der Waals surface area contributed by atoms with Gasteiger partial charge in [0.25, 0.3) is 0 Å².